The molecular formula is C23H32ClFN2O2. The van der Waals surface area contributed by atoms with Crippen molar-refractivity contribution < 1.29 is 14.2 Å². The zero-order valence-corrected chi connectivity index (χ0v) is 18.3. The summed E-state index contributed by atoms with van der Waals surface area (Å²) in [5.74, 6) is 0.633. The van der Waals surface area contributed by atoms with Crippen molar-refractivity contribution in [3.8, 4) is 5.75 Å². The molecule has 0 aliphatic carbocycles. The largest absolute Gasteiger partial charge is 0.491 e. The number of aliphatic hydroxyl groups is 1. The molecule has 29 heavy (non-hydrogen) atoms. The normalized spacial score (nSPS) is 16.2. The average molecular weight is 423 g/mol. The van der Waals surface area contributed by atoms with E-state index in [4.69, 9.17) is 4.74 Å². The summed E-state index contributed by atoms with van der Waals surface area (Å²) in [6.45, 7) is 10.8. The number of β-amino-alcohol motifs (C(OH)–C–C–N with tert-alkyl or cyclic N) is 1. The third-order valence-corrected chi connectivity index (χ3v) is 5.16. The molecule has 0 saturated carbocycles. The second kappa shape index (κ2) is 10.3. The summed E-state index contributed by atoms with van der Waals surface area (Å²) in [4.78, 5) is 4.50. The van der Waals surface area contributed by atoms with Crippen LogP contribution in [0.2, 0.25) is 0 Å². The van der Waals surface area contributed by atoms with Crippen molar-refractivity contribution >= 4 is 18.1 Å². The number of rotatable bonds is 6. The minimum absolute atomic E-state index is 0. The van der Waals surface area contributed by atoms with Crippen LogP contribution in [0.5, 0.6) is 5.75 Å². The Morgan fingerprint density at radius 3 is 2.24 bits per heavy atom. The highest BCUT2D eigenvalue weighted by Crippen LogP contribution is 2.31. The van der Waals surface area contributed by atoms with Crippen LogP contribution in [0.3, 0.4) is 0 Å². The van der Waals surface area contributed by atoms with Gasteiger partial charge in [0.15, 0.2) is 0 Å². The fraction of sp³-hybridized carbons (Fsp3) is 0.478. The molecule has 0 amide bonds. The monoisotopic (exact) mass is 422 g/mol. The van der Waals surface area contributed by atoms with Gasteiger partial charge < -0.3 is 14.7 Å². The molecule has 1 unspecified atom stereocenters. The third-order valence-electron chi connectivity index (χ3n) is 5.16. The van der Waals surface area contributed by atoms with Crippen LogP contribution in [0.25, 0.3) is 0 Å². The summed E-state index contributed by atoms with van der Waals surface area (Å²) in [5.41, 5.74) is 2.19. The smallest absolute Gasteiger partial charge is 0.123 e. The molecule has 0 bridgehead atoms. The van der Waals surface area contributed by atoms with Crippen molar-refractivity contribution in [2.45, 2.75) is 32.3 Å². The lowest BCUT2D eigenvalue weighted by atomic mass is 9.86. The van der Waals surface area contributed by atoms with Gasteiger partial charge in [-0.2, -0.15) is 0 Å². The fourth-order valence-electron chi connectivity index (χ4n) is 3.59. The van der Waals surface area contributed by atoms with E-state index in [1.54, 1.807) is 0 Å². The number of hydrogen-bond donors (Lipinski definition) is 1. The maximum atomic E-state index is 13.1. The van der Waals surface area contributed by atoms with Crippen molar-refractivity contribution in [3.05, 3.63) is 59.9 Å². The highest BCUT2D eigenvalue weighted by Gasteiger charge is 2.21. The Kier molecular flexibility index (Phi) is 8.32. The molecule has 6 heteroatoms. The molecule has 1 heterocycles. The highest BCUT2D eigenvalue weighted by atomic mass is 35.5. The van der Waals surface area contributed by atoms with E-state index >= 15 is 0 Å². The van der Waals surface area contributed by atoms with E-state index in [1.807, 2.05) is 30.3 Å². The Balaban J connectivity index is 0.00000300. The second-order valence-electron chi connectivity index (χ2n) is 8.48. The van der Waals surface area contributed by atoms with E-state index in [0.29, 0.717) is 6.54 Å². The third kappa shape index (κ3) is 6.59. The van der Waals surface area contributed by atoms with E-state index in [2.05, 4.69) is 36.6 Å². The Morgan fingerprint density at radius 1 is 1.00 bits per heavy atom. The minimum atomic E-state index is -0.537. The van der Waals surface area contributed by atoms with Gasteiger partial charge in [0.1, 0.15) is 24.3 Å². The number of aliphatic hydroxyl groups excluding tert-OH is 1. The molecule has 1 saturated heterocycles. The van der Waals surface area contributed by atoms with E-state index < -0.39 is 6.10 Å². The van der Waals surface area contributed by atoms with Gasteiger partial charge in [-0.1, -0.05) is 39.0 Å². The number of nitrogens with zero attached hydrogens (tertiary/aromatic N) is 2. The van der Waals surface area contributed by atoms with Crippen LogP contribution in [0, 0.1) is 5.82 Å². The summed E-state index contributed by atoms with van der Waals surface area (Å²) in [7, 11) is 0. The Labute approximate surface area is 179 Å². The predicted octanol–water partition coefficient (Wildman–Crippen LogP) is 4.11. The van der Waals surface area contributed by atoms with Gasteiger partial charge in [-0.3, -0.25) is 4.90 Å². The predicted molar refractivity (Wildman–Crippen MR) is 119 cm³/mol. The van der Waals surface area contributed by atoms with Crippen LogP contribution in [0.1, 0.15) is 26.3 Å². The van der Waals surface area contributed by atoms with Crippen molar-refractivity contribution in [2.24, 2.45) is 0 Å². The first-order valence-corrected chi connectivity index (χ1v) is 9.96. The Hall–Kier alpha value is -1.82. The quantitative estimate of drug-likeness (QED) is 0.760. The lowest BCUT2D eigenvalue weighted by Crippen LogP contribution is -2.49. The van der Waals surface area contributed by atoms with E-state index in [1.165, 1.54) is 12.1 Å². The van der Waals surface area contributed by atoms with Crippen molar-refractivity contribution in [1.82, 2.24) is 4.90 Å². The first kappa shape index (κ1) is 23.5. The molecule has 1 atom stereocenters. The Morgan fingerprint density at radius 2 is 1.62 bits per heavy atom. The summed E-state index contributed by atoms with van der Waals surface area (Å²) in [6, 6.07) is 14.7. The first-order chi connectivity index (χ1) is 13.3. The first-order valence-electron chi connectivity index (χ1n) is 9.96. The van der Waals surface area contributed by atoms with Gasteiger partial charge in [-0.15, -0.1) is 12.4 Å². The van der Waals surface area contributed by atoms with E-state index in [-0.39, 0.29) is 30.2 Å². The van der Waals surface area contributed by atoms with Crippen LogP contribution in [-0.4, -0.2) is 55.4 Å². The van der Waals surface area contributed by atoms with Crippen LogP contribution in [-0.2, 0) is 5.41 Å². The number of halogens is 2. The molecule has 1 aliphatic heterocycles. The number of piperazine rings is 1. The highest BCUT2D eigenvalue weighted by molar-refractivity contribution is 5.85. The molecule has 1 N–H and O–H groups in total. The molecule has 0 radical (unpaired) electrons. The summed E-state index contributed by atoms with van der Waals surface area (Å²) < 4.78 is 19.0. The molecule has 4 nitrogen and oxygen atoms in total. The van der Waals surface area contributed by atoms with Crippen LogP contribution >= 0.6 is 12.4 Å². The van der Waals surface area contributed by atoms with Gasteiger partial charge in [-0.05, 0) is 41.3 Å². The molecule has 0 spiro atoms. The zero-order valence-electron chi connectivity index (χ0n) is 17.5. The lowest BCUT2D eigenvalue weighted by molar-refractivity contribution is 0.0656. The van der Waals surface area contributed by atoms with Crippen LogP contribution < -0.4 is 9.64 Å². The van der Waals surface area contributed by atoms with Gasteiger partial charge in [0, 0.05) is 38.4 Å². The Bertz CT molecular complexity index is 756. The molecule has 0 aromatic heterocycles. The second-order valence-corrected chi connectivity index (χ2v) is 8.48. The maximum absolute atomic E-state index is 13.1. The van der Waals surface area contributed by atoms with Gasteiger partial charge >= 0.3 is 0 Å². The number of benzene rings is 2. The fourth-order valence-corrected chi connectivity index (χ4v) is 3.59. The summed E-state index contributed by atoms with van der Waals surface area (Å²) in [5, 5.41) is 10.4. The zero-order chi connectivity index (χ0) is 20.1. The van der Waals surface area contributed by atoms with Crippen LogP contribution in [0.4, 0.5) is 10.1 Å². The van der Waals surface area contributed by atoms with Gasteiger partial charge in [0.25, 0.3) is 0 Å². The summed E-state index contributed by atoms with van der Waals surface area (Å²) in [6.07, 6.45) is -0.537. The summed E-state index contributed by atoms with van der Waals surface area (Å²) >= 11 is 0. The molecule has 1 aliphatic rings. The van der Waals surface area contributed by atoms with Crippen molar-refractivity contribution in [2.75, 3.05) is 44.2 Å². The number of anilines is 1. The number of hydrogen-bond acceptors (Lipinski definition) is 4. The topological polar surface area (TPSA) is 35.9 Å². The SMILES string of the molecule is CC(C)(C)c1ccccc1OCC(O)CN1CCN(c2ccc(F)cc2)CC1.Cl. The molecular weight excluding hydrogens is 391 g/mol. The molecule has 3 rings (SSSR count). The van der Waals surface area contributed by atoms with Gasteiger partial charge in [-0.25, -0.2) is 4.39 Å². The van der Waals surface area contributed by atoms with Gasteiger partial charge in [0.05, 0.1) is 0 Å². The van der Waals surface area contributed by atoms with E-state index in [0.717, 1.165) is 43.2 Å². The standard InChI is InChI=1S/C23H31FN2O2.ClH/c1-23(2,3)21-6-4-5-7-22(21)28-17-20(27)16-25-12-14-26(15-13-25)19-10-8-18(24)9-11-19;/h4-11,20,27H,12-17H2,1-3H3;1H. The van der Waals surface area contributed by atoms with Crippen molar-refractivity contribution in [3.63, 3.8) is 0 Å². The number of ether oxygens (including phenoxy) is 1. The molecule has 1 fully saturated rings. The molecule has 2 aromatic carbocycles. The molecule has 160 valence electrons. The molecule has 2 aromatic rings. The lowest BCUT2D eigenvalue weighted by Gasteiger charge is -2.37. The van der Waals surface area contributed by atoms with Crippen LogP contribution in [0.15, 0.2) is 48.5 Å². The average Bonchev–Trinajstić information content (AvgIpc) is 2.67. The van der Waals surface area contributed by atoms with Gasteiger partial charge in [0.2, 0.25) is 0 Å². The van der Waals surface area contributed by atoms with Crippen molar-refractivity contribution in [1.29, 1.82) is 0 Å². The minimum Gasteiger partial charge on any atom is -0.491 e. The number of para-hydroxylation sites is 1. The maximum Gasteiger partial charge on any atom is 0.123 e. The van der Waals surface area contributed by atoms with E-state index in [9.17, 15) is 9.50 Å².